The fourth-order valence-corrected chi connectivity index (χ4v) is 3.43. The zero-order valence-corrected chi connectivity index (χ0v) is 18.4. The molecule has 0 unspecified atom stereocenters. The van der Waals surface area contributed by atoms with Gasteiger partial charge in [-0.3, -0.25) is 4.79 Å². The Balaban J connectivity index is 1.30. The monoisotopic (exact) mass is 465 g/mol. The van der Waals surface area contributed by atoms with E-state index in [-0.39, 0.29) is 5.56 Å². The maximum absolute atomic E-state index is 12.7. The molecule has 0 aliphatic carbocycles. The first-order valence-corrected chi connectivity index (χ1v) is 10.7. The van der Waals surface area contributed by atoms with Crippen LogP contribution >= 0.6 is 0 Å². The lowest BCUT2D eigenvalue weighted by molar-refractivity contribution is -0.119. The summed E-state index contributed by atoms with van der Waals surface area (Å²) in [6.45, 7) is -0.464. The summed E-state index contributed by atoms with van der Waals surface area (Å²) >= 11 is 0. The second-order valence-corrected chi connectivity index (χ2v) is 7.46. The van der Waals surface area contributed by atoms with Crippen LogP contribution in [-0.2, 0) is 9.53 Å². The number of ether oxygens (including phenoxy) is 1. The smallest absolute Gasteiger partial charge is 0.338 e. The Hall–Kier alpha value is -5.12. The van der Waals surface area contributed by atoms with Crippen molar-refractivity contribution in [3.8, 4) is 22.6 Å². The van der Waals surface area contributed by atoms with Crippen LogP contribution in [0, 0.1) is 0 Å². The van der Waals surface area contributed by atoms with Gasteiger partial charge in [-0.2, -0.15) is 5.10 Å². The molecule has 10 nitrogen and oxygen atoms in total. The first-order chi connectivity index (χ1) is 17.2. The zero-order valence-electron chi connectivity index (χ0n) is 18.4. The van der Waals surface area contributed by atoms with Gasteiger partial charge in [-0.15, -0.1) is 5.10 Å². The molecule has 1 N–H and O–H groups in total. The Labute approximate surface area is 199 Å². The molecular formula is C25H19N7O3. The molecule has 0 spiro atoms. The van der Waals surface area contributed by atoms with Crippen molar-refractivity contribution in [2.75, 3.05) is 11.9 Å². The van der Waals surface area contributed by atoms with Gasteiger partial charge in [0, 0.05) is 11.6 Å². The van der Waals surface area contributed by atoms with Gasteiger partial charge < -0.3 is 10.1 Å². The predicted molar refractivity (Wildman–Crippen MR) is 127 cm³/mol. The fourth-order valence-electron chi connectivity index (χ4n) is 3.43. The third-order valence-electron chi connectivity index (χ3n) is 5.08. The molecule has 172 valence electrons. The molecule has 35 heavy (non-hydrogen) atoms. The number of hydrogen-bond donors (Lipinski definition) is 1. The van der Waals surface area contributed by atoms with Gasteiger partial charge >= 0.3 is 5.97 Å². The number of rotatable bonds is 7. The minimum atomic E-state index is -0.642. The van der Waals surface area contributed by atoms with Crippen molar-refractivity contribution in [2.24, 2.45) is 0 Å². The van der Waals surface area contributed by atoms with Crippen molar-refractivity contribution in [1.82, 2.24) is 30.0 Å². The molecule has 0 fully saturated rings. The number of anilines is 1. The summed E-state index contributed by atoms with van der Waals surface area (Å²) < 4.78 is 8.28. The second-order valence-electron chi connectivity index (χ2n) is 7.46. The average molecular weight is 465 g/mol. The van der Waals surface area contributed by atoms with Crippen LogP contribution in [0.15, 0.2) is 97.3 Å². The molecule has 2 aromatic heterocycles. The number of benzene rings is 3. The Morgan fingerprint density at radius 1 is 0.857 bits per heavy atom. The summed E-state index contributed by atoms with van der Waals surface area (Å²) in [7, 11) is 0. The first kappa shape index (κ1) is 21.7. The second kappa shape index (κ2) is 9.79. The minimum absolute atomic E-state index is 0.270. The number of amides is 1. The number of para-hydroxylation sites is 1. The fraction of sp³-hybridized carbons (Fsp3) is 0.0400. The highest BCUT2D eigenvalue weighted by Crippen LogP contribution is 2.24. The van der Waals surface area contributed by atoms with Crippen LogP contribution in [-0.4, -0.2) is 48.5 Å². The zero-order chi connectivity index (χ0) is 24.0. The molecule has 0 aliphatic heterocycles. The molecule has 0 atom stereocenters. The number of nitrogens with one attached hydrogen (secondary N) is 1. The highest BCUT2D eigenvalue weighted by molar-refractivity contribution is 5.95. The number of aromatic nitrogens is 6. The molecule has 0 saturated heterocycles. The molecule has 1 amide bonds. The molecule has 0 radical (unpaired) electrons. The maximum atomic E-state index is 12.7. The van der Waals surface area contributed by atoms with Crippen molar-refractivity contribution in [1.29, 1.82) is 0 Å². The van der Waals surface area contributed by atoms with Crippen LogP contribution < -0.4 is 5.32 Å². The van der Waals surface area contributed by atoms with Gasteiger partial charge in [0.25, 0.3) is 5.91 Å². The summed E-state index contributed by atoms with van der Waals surface area (Å²) in [5, 5.41) is 18.4. The van der Waals surface area contributed by atoms with Gasteiger partial charge in [0.1, 0.15) is 12.1 Å². The van der Waals surface area contributed by atoms with Gasteiger partial charge in [-0.25, -0.2) is 14.2 Å². The molecule has 10 heteroatoms. The summed E-state index contributed by atoms with van der Waals surface area (Å²) in [6, 6.07) is 27.4. The van der Waals surface area contributed by atoms with E-state index in [1.54, 1.807) is 35.0 Å². The number of carbonyl (C=O) groups excluding carboxylic acids is 2. The van der Waals surface area contributed by atoms with Crippen LogP contribution in [0.2, 0.25) is 0 Å². The lowest BCUT2D eigenvalue weighted by Gasteiger charge is -2.09. The highest BCUT2D eigenvalue weighted by Gasteiger charge is 2.16. The summed E-state index contributed by atoms with van der Waals surface area (Å²) in [5.41, 5.74) is 3.25. The molecule has 0 bridgehead atoms. The van der Waals surface area contributed by atoms with E-state index in [0.29, 0.717) is 17.2 Å². The van der Waals surface area contributed by atoms with E-state index in [1.807, 2.05) is 60.7 Å². The van der Waals surface area contributed by atoms with Crippen LogP contribution in [0.4, 0.5) is 5.82 Å². The van der Waals surface area contributed by atoms with Crippen molar-refractivity contribution in [3.63, 3.8) is 0 Å². The summed E-state index contributed by atoms with van der Waals surface area (Å²) in [6.07, 6.45) is 1.41. The van der Waals surface area contributed by atoms with E-state index in [2.05, 4.69) is 25.9 Å². The summed E-state index contributed by atoms with van der Waals surface area (Å²) in [4.78, 5) is 25.2. The SMILES string of the molecule is O=C(COC(=O)c1cccc(-n2cnnn2)c1)Nc1cc(-c2ccccc2)nn1-c1ccccc1. The Morgan fingerprint density at radius 3 is 2.34 bits per heavy atom. The normalized spacial score (nSPS) is 10.6. The Bertz CT molecular complexity index is 1450. The number of tetrazole rings is 1. The van der Waals surface area contributed by atoms with E-state index in [9.17, 15) is 9.59 Å². The van der Waals surface area contributed by atoms with Gasteiger partial charge in [-0.05, 0) is 40.8 Å². The summed E-state index contributed by atoms with van der Waals surface area (Å²) in [5.74, 6) is -0.680. The van der Waals surface area contributed by atoms with Gasteiger partial charge in [-0.1, -0.05) is 54.6 Å². The van der Waals surface area contributed by atoms with Crippen LogP contribution in [0.5, 0.6) is 0 Å². The van der Waals surface area contributed by atoms with Crippen LogP contribution in [0.1, 0.15) is 10.4 Å². The van der Waals surface area contributed by atoms with Gasteiger partial charge in [0.2, 0.25) is 0 Å². The average Bonchev–Trinajstić information content (AvgIpc) is 3.59. The van der Waals surface area contributed by atoms with E-state index in [1.165, 1.54) is 11.0 Å². The van der Waals surface area contributed by atoms with E-state index < -0.39 is 18.5 Å². The standard InChI is InChI=1S/C25H19N7O3/c33-24(16-35-25(34)19-10-7-13-21(14-19)31-17-26-29-30-31)27-23-15-22(18-8-3-1-4-9-18)28-32(23)20-11-5-2-6-12-20/h1-15,17H,16H2,(H,27,33). The minimum Gasteiger partial charge on any atom is -0.452 e. The third-order valence-corrected chi connectivity index (χ3v) is 5.08. The lowest BCUT2D eigenvalue weighted by atomic mass is 10.2. The molecule has 0 saturated carbocycles. The number of esters is 1. The molecule has 0 aliphatic rings. The molecule has 2 heterocycles. The lowest BCUT2D eigenvalue weighted by Crippen LogP contribution is -2.22. The van der Waals surface area contributed by atoms with Crippen molar-refractivity contribution in [2.45, 2.75) is 0 Å². The number of nitrogens with zero attached hydrogens (tertiary/aromatic N) is 6. The number of hydrogen-bond acceptors (Lipinski definition) is 7. The van der Waals surface area contributed by atoms with E-state index >= 15 is 0 Å². The predicted octanol–water partition coefficient (Wildman–Crippen LogP) is 3.31. The quantitative estimate of drug-likeness (QED) is 0.367. The van der Waals surface area contributed by atoms with E-state index in [0.717, 1.165) is 11.3 Å². The molecule has 5 aromatic rings. The van der Waals surface area contributed by atoms with Crippen molar-refractivity contribution >= 4 is 17.7 Å². The Morgan fingerprint density at radius 2 is 1.60 bits per heavy atom. The Kier molecular flexibility index (Phi) is 6.07. The van der Waals surface area contributed by atoms with Crippen molar-refractivity contribution in [3.05, 3.63) is 103 Å². The molecule has 3 aromatic carbocycles. The first-order valence-electron chi connectivity index (χ1n) is 10.7. The van der Waals surface area contributed by atoms with Crippen molar-refractivity contribution < 1.29 is 14.3 Å². The number of carbonyl (C=O) groups is 2. The van der Waals surface area contributed by atoms with Crippen LogP contribution in [0.25, 0.3) is 22.6 Å². The molecular weight excluding hydrogens is 446 g/mol. The maximum Gasteiger partial charge on any atom is 0.338 e. The van der Waals surface area contributed by atoms with Gasteiger partial charge in [0.05, 0.1) is 22.6 Å². The topological polar surface area (TPSA) is 117 Å². The third kappa shape index (κ3) is 4.96. The molecule has 5 rings (SSSR count). The van der Waals surface area contributed by atoms with Gasteiger partial charge in [0.15, 0.2) is 6.61 Å². The van der Waals surface area contributed by atoms with Crippen LogP contribution in [0.3, 0.4) is 0 Å². The van der Waals surface area contributed by atoms with E-state index in [4.69, 9.17) is 4.74 Å². The highest BCUT2D eigenvalue weighted by atomic mass is 16.5. The largest absolute Gasteiger partial charge is 0.452 e.